The van der Waals surface area contributed by atoms with Gasteiger partial charge in [-0.3, -0.25) is 9.59 Å². The quantitative estimate of drug-likeness (QED) is 0.835. The summed E-state index contributed by atoms with van der Waals surface area (Å²) in [4.78, 5) is 29.1. The lowest BCUT2D eigenvalue weighted by Crippen LogP contribution is -2.52. The van der Waals surface area contributed by atoms with Crippen molar-refractivity contribution in [3.05, 3.63) is 30.3 Å². The number of amides is 1. The molecule has 1 heterocycles. The average Bonchev–Trinajstić information content (AvgIpc) is 2.67. The van der Waals surface area contributed by atoms with Gasteiger partial charge in [-0.15, -0.1) is 0 Å². The van der Waals surface area contributed by atoms with Crippen LogP contribution in [0, 0.1) is 11.8 Å². The van der Waals surface area contributed by atoms with E-state index in [1.807, 2.05) is 23.1 Å². The molecule has 1 aromatic rings. The Balaban J connectivity index is 1.62. The molecule has 6 heteroatoms. The Morgan fingerprint density at radius 1 is 1.04 bits per heavy atom. The molecule has 0 bridgehead atoms. The lowest BCUT2D eigenvalue weighted by atomic mass is 9.77. The highest BCUT2D eigenvalue weighted by atomic mass is 16.5. The summed E-state index contributed by atoms with van der Waals surface area (Å²) in [7, 11) is 1.34. The van der Waals surface area contributed by atoms with Crippen molar-refractivity contribution in [3.8, 4) is 0 Å². The third kappa shape index (κ3) is 3.95. The van der Waals surface area contributed by atoms with E-state index in [4.69, 9.17) is 4.74 Å². The molecule has 1 amide bonds. The first-order valence-electron chi connectivity index (χ1n) is 8.95. The number of ether oxygens (including phenoxy) is 1. The normalized spacial score (nSPS) is 27.0. The van der Waals surface area contributed by atoms with Crippen LogP contribution in [0.5, 0.6) is 0 Å². The SMILES string of the molecule is COC(=O)[C@H]1C[C@H](O)CC[C@@H]1C(=O)N1CCN(c2ccccc2)CC1. The van der Waals surface area contributed by atoms with E-state index in [1.165, 1.54) is 12.8 Å². The molecule has 136 valence electrons. The fraction of sp³-hybridized carbons (Fsp3) is 0.579. The predicted octanol–water partition coefficient (Wildman–Crippen LogP) is 1.29. The molecule has 1 saturated carbocycles. The van der Waals surface area contributed by atoms with Crippen LogP contribution in [0.4, 0.5) is 5.69 Å². The maximum atomic E-state index is 13.0. The fourth-order valence-corrected chi connectivity index (χ4v) is 3.91. The van der Waals surface area contributed by atoms with Crippen LogP contribution in [0.1, 0.15) is 19.3 Å². The second-order valence-electron chi connectivity index (χ2n) is 6.85. The van der Waals surface area contributed by atoms with Crippen LogP contribution >= 0.6 is 0 Å². The number of benzene rings is 1. The van der Waals surface area contributed by atoms with E-state index in [-0.39, 0.29) is 17.8 Å². The monoisotopic (exact) mass is 346 g/mol. The number of anilines is 1. The Kier molecular flexibility index (Phi) is 5.58. The van der Waals surface area contributed by atoms with Gasteiger partial charge in [0.25, 0.3) is 0 Å². The average molecular weight is 346 g/mol. The minimum Gasteiger partial charge on any atom is -0.469 e. The molecule has 25 heavy (non-hydrogen) atoms. The van der Waals surface area contributed by atoms with Crippen molar-refractivity contribution in [2.45, 2.75) is 25.4 Å². The van der Waals surface area contributed by atoms with Gasteiger partial charge in [0.15, 0.2) is 0 Å². The van der Waals surface area contributed by atoms with Crippen molar-refractivity contribution >= 4 is 17.6 Å². The molecule has 1 aromatic carbocycles. The van der Waals surface area contributed by atoms with E-state index < -0.39 is 12.0 Å². The highest BCUT2D eigenvalue weighted by molar-refractivity contribution is 5.86. The first kappa shape index (κ1) is 17.7. The van der Waals surface area contributed by atoms with E-state index in [0.29, 0.717) is 32.4 Å². The van der Waals surface area contributed by atoms with Crippen molar-refractivity contribution < 1.29 is 19.4 Å². The minimum atomic E-state index is -0.534. The molecule has 0 spiro atoms. The number of aliphatic hydroxyl groups is 1. The van der Waals surface area contributed by atoms with Gasteiger partial charge in [-0.1, -0.05) is 18.2 Å². The van der Waals surface area contributed by atoms with E-state index in [2.05, 4.69) is 17.0 Å². The largest absolute Gasteiger partial charge is 0.469 e. The number of carbonyl (C=O) groups is 2. The first-order valence-corrected chi connectivity index (χ1v) is 8.95. The van der Waals surface area contributed by atoms with E-state index in [9.17, 15) is 14.7 Å². The molecule has 1 saturated heterocycles. The summed E-state index contributed by atoms with van der Waals surface area (Å²) in [6.45, 7) is 2.88. The Bertz CT molecular complexity index is 599. The van der Waals surface area contributed by atoms with Crippen molar-refractivity contribution in [1.29, 1.82) is 0 Å². The predicted molar refractivity (Wildman–Crippen MR) is 94.1 cm³/mol. The van der Waals surface area contributed by atoms with Gasteiger partial charge < -0.3 is 19.6 Å². The standard InChI is InChI=1S/C19H26N2O4/c1-25-19(24)17-13-15(22)7-8-16(17)18(23)21-11-9-20(10-12-21)14-5-3-2-4-6-14/h2-6,15-17,22H,7-13H2,1H3/t15-,16+,17+/m1/s1. The summed E-state index contributed by atoms with van der Waals surface area (Å²) >= 11 is 0. The van der Waals surface area contributed by atoms with Gasteiger partial charge in [-0.2, -0.15) is 0 Å². The van der Waals surface area contributed by atoms with Crippen LogP contribution in [-0.4, -0.2) is 61.3 Å². The van der Waals surface area contributed by atoms with Crippen LogP contribution in [0.2, 0.25) is 0 Å². The highest BCUT2D eigenvalue weighted by Gasteiger charge is 2.41. The topological polar surface area (TPSA) is 70.1 Å². The number of aliphatic hydroxyl groups excluding tert-OH is 1. The van der Waals surface area contributed by atoms with Crippen LogP contribution in [0.25, 0.3) is 0 Å². The van der Waals surface area contributed by atoms with Gasteiger partial charge in [-0.05, 0) is 31.4 Å². The lowest BCUT2D eigenvalue weighted by molar-refractivity contribution is -0.157. The molecule has 2 aliphatic rings. The number of esters is 1. The smallest absolute Gasteiger partial charge is 0.309 e. The number of hydrogen-bond acceptors (Lipinski definition) is 5. The zero-order valence-electron chi connectivity index (χ0n) is 14.6. The molecule has 2 fully saturated rings. The molecule has 0 radical (unpaired) electrons. The first-order chi connectivity index (χ1) is 12.1. The number of para-hydroxylation sites is 1. The summed E-state index contributed by atoms with van der Waals surface area (Å²) in [6.07, 6.45) is 0.891. The molecule has 1 aliphatic heterocycles. The summed E-state index contributed by atoms with van der Waals surface area (Å²) < 4.78 is 4.85. The van der Waals surface area contributed by atoms with E-state index in [0.717, 1.165) is 13.1 Å². The maximum absolute atomic E-state index is 13.0. The number of carbonyl (C=O) groups excluding carboxylic acids is 2. The van der Waals surface area contributed by atoms with Gasteiger partial charge in [-0.25, -0.2) is 0 Å². The van der Waals surface area contributed by atoms with Crippen molar-refractivity contribution in [2.24, 2.45) is 11.8 Å². The third-order valence-electron chi connectivity index (χ3n) is 5.36. The Hall–Kier alpha value is -2.08. The van der Waals surface area contributed by atoms with Crippen LogP contribution in [0.15, 0.2) is 30.3 Å². The molecule has 1 aliphatic carbocycles. The van der Waals surface area contributed by atoms with Gasteiger partial charge in [0.1, 0.15) is 0 Å². The van der Waals surface area contributed by atoms with E-state index >= 15 is 0 Å². The molecular weight excluding hydrogens is 320 g/mol. The second kappa shape index (κ2) is 7.87. The zero-order valence-corrected chi connectivity index (χ0v) is 14.6. The molecular formula is C19H26N2O4. The van der Waals surface area contributed by atoms with Crippen LogP contribution < -0.4 is 4.90 Å². The summed E-state index contributed by atoms with van der Waals surface area (Å²) in [5.41, 5.74) is 1.17. The van der Waals surface area contributed by atoms with Gasteiger partial charge in [0.05, 0.1) is 25.0 Å². The van der Waals surface area contributed by atoms with Crippen molar-refractivity contribution in [3.63, 3.8) is 0 Å². The summed E-state index contributed by atoms with van der Waals surface area (Å²) in [5.74, 6) is -1.28. The van der Waals surface area contributed by atoms with E-state index in [1.54, 1.807) is 0 Å². The summed E-state index contributed by atoms with van der Waals surface area (Å²) in [6, 6.07) is 10.2. The van der Waals surface area contributed by atoms with Crippen molar-refractivity contribution in [2.75, 3.05) is 38.2 Å². The van der Waals surface area contributed by atoms with Crippen LogP contribution in [-0.2, 0) is 14.3 Å². The molecule has 1 N–H and O–H groups in total. The van der Waals surface area contributed by atoms with Gasteiger partial charge >= 0.3 is 5.97 Å². The van der Waals surface area contributed by atoms with Gasteiger partial charge in [0, 0.05) is 31.9 Å². The molecule has 6 nitrogen and oxygen atoms in total. The Labute approximate surface area is 148 Å². The van der Waals surface area contributed by atoms with Gasteiger partial charge in [0.2, 0.25) is 5.91 Å². The second-order valence-corrected chi connectivity index (χ2v) is 6.85. The lowest BCUT2D eigenvalue weighted by Gasteiger charge is -2.40. The highest BCUT2D eigenvalue weighted by Crippen LogP contribution is 2.33. The molecule has 3 rings (SSSR count). The number of nitrogens with zero attached hydrogens (tertiary/aromatic N) is 2. The number of rotatable bonds is 3. The number of methoxy groups -OCH3 is 1. The van der Waals surface area contributed by atoms with Crippen LogP contribution in [0.3, 0.4) is 0 Å². The fourth-order valence-electron chi connectivity index (χ4n) is 3.91. The number of piperazine rings is 1. The Morgan fingerprint density at radius 3 is 2.36 bits per heavy atom. The zero-order chi connectivity index (χ0) is 17.8. The molecule has 0 unspecified atom stereocenters. The molecule has 0 aromatic heterocycles. The Morgan fingerprint density at radius 2 is 1.72 bits per heavy atom. The number of hydrogen-bond donors (Lipinski definition) is 1. The van der Waals surface area contributed by atoms with Crippen molar-refractivity contribution in [1.82, 2.24) is 4.90 Å². The summed E-state index contributed by atoms with van der Waals surface area (Å²) in [5, 5.41) is 9.86. The maximum Gasteiger partial charge on any atom is 0.309 e. The third-order valence-corrected chi connectivity index (χ3v) is 5.36. The molecule has 3 atom stereocenters. The minimum absolute atomic E-state index is 0.0232.